The summed E-state index contributed by atoms with van der Waals surface area (Å²) in [4.78, 5) is 8.81. The first kappa shape index (κ1) is 14.5. The van der Waals surface area contributed by atoms with Crippen molar-refractivity contribution in [3.8, 4) is 0 Å². The van der Waals surface area contributed by atoms with Crippen LogP contribution in [-0.2, 0) is 4.79 Å². The molecule has 0 unspecified atom stereocenters. The van der Waals surface area contributed by atoms with Crippen molar-refractivity contribution < 1.29 is 4.79 Å². The van der Waals surface area contributed by atoms with Crippen molar-refractivity contribution in [2.24, 2.45) is 17.3 Å². The lowest BCUT2D eigenvalue weighted by Gasteiger charge is -2.42. The Bertz CT molecular complexity index is 299. The van der Waals surface area contributed by atoms with Crippen molar-refractivity contribution in [3.63, 3.8) is 0 Å². The number of hydrogen-bond donors (Lipinski definition) is 0. The summed E-state index contributed by atoms with van der Waals surface area (Å²) in [6.45, 7) is 11.2. The molecular weight excluding hydrogens is 208 g/mol. The average molecular weight is 236 g/mol. The Morgan fingerprint density at radius 2 is 1.71 bits per heavy atom. The summed E-state index contributed by atoms with van der Waals surface area (Å²) in [6, 6.07) is 0. The minimum Gasteiger partial charge on any atom is -0.304 e. The van der Waals surface area contributed by atoms with Gasteiger partial charge >= 0.3 is 0 Å². The van der Waals surface area contributed by atoms with Crippen LogP contribution in [0.5, 0.6) is 0 Å². The number of carbonyl (C=O) groups excluding carboxylic acids is 1. The highest BCUT2D eigenvalue weighted by molar-refractivity contribution is 5.44. The zero-order valence-electron chi connectivity index (χ0n) is 12.2. The molecule has 2 aliphatic rings. The fraction of sp³-hybridized carbons (Fsp3) is 0.812. The molecule has 0 heterocycles. The number of aldehydes is 1. The van der Waals surface area contributed by atoms with Crippen LogP contribution in [0.2, 0.25) is 0 Å². The second kappa shape index (κ2) is 5.84. The lowest BCUT2D eigenvalue weighted by atomic mass is 9.64. The standard InChI is InChI=1S/C14H24.C2H4O/c1-10-8-12-6-5-7-14(3,4)13(12)9-11(10)2;1-2-3/h10-11H,5-9H2,1-4H3;2H,1H3/t10-,11-;/m0./s1. The molecule has 0 radical (unpaired) electrons. The fourth-order valence-electron chi connectivity index (χ4n) is 3.28. The lowest BCUT2D eigenvalue weighted by molar-refractivity contribution is -0.106. The first-order valence-corrected chi connectivity index (χ1v) is 7.03. The number of hydrogen-bond acceptors (Lipinski definition) is 1. The summed E-state index contributed by atoms with van der Waals surface area (Å²) in [7, 11) is 0. The number of rotatable bonds is 0. The predicted octanol–water partition coefficient (Wildman–Crippen LogP) is 4.76. The highest BCUT2D eigenvalue weighted by atomic mass is 16.1. The molecule has 1 heteroatoms. The Morgan fingerprint density at radius 1 is 1.18 bits per heavy atom. The van der Waals surface area contributed by atoms with Crippen LogP contribution in [0.15, 0.2) is 11.1 Å². The van der Waals surface area contributed by atoms with Gasteiger partial charge in [0.2, 0.25) is 0 Å². The van der Waals surface area contributed by atoms with E-state index >= 15 is 0 Å². The highest BCUT2D eigenvalue weighted by Gasteiger charge is 2.34. The van der Waals surface area contributed by atoms with Crippen LogP contribution in [0, 0.1) is 17.3 Å². The molecule has 0 bridgehead atoms. The van der Waals surface area contributed by atoms with E-state index in [1.165, 1.54) is 39.0 Å². The molecule has 0 saturated heterocycles. The molecule has 0 aromatic carbocycles. The van der Waals surface area contributed by atoms with Crippen LogP contribution in [0.4, 0.5) is 0 Å². The van der Waals surface area contributed by atoms with Gasteiger partial charge in [-0.05, 0) is 56.3 Å². The molecular formula is C16H28O. The summed E-state index contributed by atoms with van der Waals surface area (Å²) in [5.41, 5.74) is 4.17. The minimum atomic E-state index is 0.516. The molecule has 1 nitrogen and oxygen atoms in total. The smallest absolute Gasteiger partial charge is 0.116 e. The second-order valence-electron chi connectivity index (χ2n) is 6.42. The van der Waals surface area contributed by atoms with E-state index in [2.05, 4.69) is 27.7 Å². The van der Waals surface area contributed by atoms with Crippen LogP contribution in [0.1, 0.15) is 66.7 Å². The molecule has 2 aliphatic carbocycles. The van der Waals surface area contributed by atoms with E-state index in [1.807, 2.05) is 11.1 Å². The van der Waals surface area contributed by atoms with Crippen molar-refractivity contribution in [1.82, 2.24) is 0 Å². The normalized spacial score (nSPS) is 31.1. The molecule has 0 spiro atoms. The van der Waals surface area contributed by atoms with E-state index in [4.69, 9.17) is 4.79 Å². The third-order valence-electron chi connectivity index (χ3n) is 4.59. The van der Waals surface area contributed by atoms with Gasteiger partial charge in [-0.1, -0.05) is 38.8 Å². The number of carbonyl (C=O) groups is 1. The van der Waals surface area contributed by atoms with Gasteiger partial charge in [-0.15, -0.1) is 0 Å². The lowest BCUT2D eigenvalue weighted by Crippen LogP contribution is -2.28. The third-order valence-corrected chi connectivity index (χ3v) is 4.59. The molecule has 0 aliphatic heterocycles. The van der Waals surface area contributed by atoms with Gasteiger partial charge < -0.3 is 4.79 Å². The van der Waals surface area contributed by atoms with Crippen LogP contribution in [-0.4, -0.2) is 6.29 Å². The van der Waals surface area contributed by atoms with E-state index in [1.54, 1.807) is 0 Å². The van der Waals surface area contributed by atoms with Gasteiger partial charge in [0.05, 0.1) is 0 Å². The molecule has 0 aromatic heterocycles. The predicted molar refractivity (Wildman–Crippen MR) is 74.0 cm³/mol. The van der Waals surface area contributed by atoms with E-state index < -0.39 is 0 Å². The Labute approximate surface area is 107 Å². The monoisotopic (exact) mass is 236 g/mol. The van der Waals surface area contributed by atoms with Crippen LogP contribution in [0.25, 0.3) is 0 Å². The van der Waals surface area contributed by atoms with Crippen LogP contribution >= 0.6 is 0 Å². The van der Waals surface area contributed by atoms with Crippen molar-refractivity contribution >= 4 is 6.29 Å². The zero-order chi connectivity index (χ0) is 13.1. The maximum Gasteiger partial charge on any atom is 0.116 e. The van der Waals surface area contributed by atoms with Gasteiger partial charge in [0, 0.05) is 0 Å². The van der Waals surface area contributed by atoms with Gasteiger partial charge in [0.1, 0.15) is 6.29 Å². The first-order chi connectivity index (χ1) is 7.92. The summed E-state index contributed by atoms with van der Waals surface area (Å²) in [6.07, 6.45) is 7.75. The Hall–Kier alpha value is -0.590. The topological polar surface area (TPSA) is 17.1 Å². The molecule has 0 saturated carbocycles. The molecule has 0 N–H and O–H groups in total. The van der Waals surface area contributed by atoms with Gasteiger partial charge in [0.15, 0.2) is 0 Å². The van der Waals surface area contributed by atoms with Crippen molar-refractivity contribution in [1.29, 1.82) is 0 Å². The van der Waals surface area contributed by atoms with E-state index in [0.717, 1.165) is 18.1 Å². The Morgan fingerprint density at radius 3 is 2.29 bits per heavy atom. The largest absolute Gasteiger partial charge is 0.304 e. The SMILES string of the molecule is CC=O.C[C@H]1CC2=C(C[C@@H]1C)C(C)(C)CCC2. The van der Waals surface area contributed by atoms with Crippen LogP contribution < -0.4 is 0 Å². The molecule has 2 atom stereocenters. The maximum atomic E-state index is 8.81. The van der Waals surface area contributed by atoms with Gasteiger partial charge in [-0.25, -0.2) is 0 Å². The molecule has 17 heavy (non-hydrogen) atoms. The maximum absolute atomic E-state index is 8.81. The van der Waals surface area contributed by atoms with E-state index in [-0.39, 0.29) is 0 Å². The first-order valence-electron chi connectivity index (χ1n) is 7.03. The van der Waals surface area contributed by atoms with Crippen molar-refractivity contribution in [2.45, 2.75) is 66.7 Å². The summed E-state index contributed by atoms with van der Waals surface area (Å²) >= 11 is 0. The molecule has 0 aromatic rings. The summed E-state index contributed by atoms with van der Waals surface area (Å²) in [5.74, 6) is 1.83. The van der Waals surface area contributed by atoms with Gasteiger partial charge in [-0.2, -0.15) is 0 Å². The highest BCUT2D eigenvalue weighted by Crippen LogP contribution is 2.49. The second-order valence-corrected chi connectivity index (χ2v) is 6.42. The Balaban J connectivity index is 0.000000437. The van der Waals surface area contributed by atoms with Crippen LogP contribution in [0.3, 0.4) is 0 Å². The molecule has 0 amide bonds. The third kappa shape index (κ3) is 3.43. The minimum absolute atomic E-state index is 0.516. The Kier molecular flexibility index (Phi) is 4.97. The molecule has 2 rings (SSSR count). The number of allylic oxidation sites excluding steroid dienone is 2. The van der Waals surface area contributed by atoms with Gasteiger partial charge in [0.25, 0.3) is 0 Å². The van der Waals surface area contributed by atoms with Gasteiger partial charge in [-0.3, -0.25) is 0 Å². The van der Waals surface area contributed by atoms with E-state index in [9.17, 15) is 0 Å². The quantitative estimate of drug-likeness (QED) is 0.437. The summed E-state index contributed by atoms with van der Waals surface area (Å²) < 4.78 is 0. The van der Waals surface area contributed by atoms with Crippen molar-refractivity contribution in [3.05, 3.63) is 11.1 Å². The van der Waals surface area contributed by atoms with E-state index in [0.29, 0.717) is 5.41 Å². The molecule has 98 valence electrons. The fourth-order valence-corrected chi connectivity index (χ4v) is 3.28. The summed E-state index contributed by atoms with van der Waals surface area (Å²) in [5, 5.41) is 0. The van der Waals surface area contributed by atoms with Crippen molar-refractivity contribution in [2.75, 3.05) is 0 Å². The zero-order valence-corrected chi connectivity index (χ0v) is 12.2. The molecule has 0 fully saturated rings. The average Bonchev–Trinajstić information content (AvgIpc) is 2.22.